The van der Waals surface area contributed by atoms with Crippen molar-refractivity contribution >= 4 is 5.91 Å². The monoisotopic (exact) mass is 175 g/mol. The van der Waals surface area contributed by atoms with Crippen LogP contribution in [0.4, 0.5) is 0 Å². The highest BCUT2D eigenvalue weighted by atomic mass is 16.2. The predicted molar refractivity (Wildman–Crippen MR) is 51.4 cm³/mol. The van der Waals surface area contributed by atoms with Gasteiger partial charge in [0.25, 0.3) is 0 Å². The molecule has 13 heavy (non-hydrogen) atoms. The van der Waals surface area contributed by atoms with Gasteiger partial charge in [-0.2, -0.15) is 0 Å². The van der Waals surface area contributed by atoms with E-state index in [-0.39, 0.29) is 11.3 Å². The third-order valence-corrected chi connectivity index (χ3v) is 2.78. The second kappa shape index (κ2) is 2.59. The maximum atomic E-state index is 11.6. The fourth-order valence-corrected chi connectivity index (χ4v) is 1.96. The van der Waals surface area contributed by atoms with Crippen LogP contribution in [0.5, 0.6) is 0 Å². The van der Waals surface area contributed by atoms with Gasteiger partial charge in [-0.1, -0.05) is 30.3 Å². The smallest absolute Gasteiger partial charge is 0.234 e. The minimum atomic E-state index is -0.268. The van der Waals surface area contributed by atoms with Crippen LogP contribution in [0.1, 0.15) is 12.5 Å². The van der Waals surface area contributed by atoms with Gasteiger partial charge in [0.1, 0.15) is 0 Å². The van der Waals surface area contributed by atoms with Gasteiger partial charge in [0, 0.05) is 13.6 Å². The van der Waals surface area contributed by atoms with Crippen LogP contribution in [0.25, 0.3) is 0 Å². The second-order valence-corrected chi connectivity index (χ2v) is 3.86. The lowest BCUT2D eigenvalue weighted by molar-refractivity contribution is -0.147. The Balaban J connectivity index is 2.33. The Morgan fingerprint density at radius 1 is 1.31 bits per heavy atom. The van der Waals surface area contributed by atoms with E-state index in [0.29, 0.717) is 0 Å². The van der Waals surface area contributed by atoms with Crippen molar-refractivity contribution in [3.63, 3.8) is 0 Å². The van der Waals surface area contributed by atoms with Crippen LogP contribution in [0.15, 0.2) is 30.3 Å². The van der Waals surface area contributed by atoms with Crippen molar-refractivity contribution in [2.45, 2.75) is 12.3 Å². The SMILES string of the molecule is CN1CC(C)(c2ccccc2)C1=O. The molecule has 0 bridgehead atoms. The van der Waals surface area contributed by atoms with Crippen LogP contribution in [0.2, 0.25) is 0 Å². The molecule has 1 heterocycles. The zero-order chi connectivity index (χ0) is 9.47. The fourth-order valence-electron chi connectivity index (χ4n) is 1.96. The van der Waals surface area contributed by atoms with E-state index in [1.165, 1.54) is 0 Å². The van der Waals surface area contributed by atoms with Crippen molar-refractivity contribution < 1.29 is 4.79 Å². The van der Waals surface area contributed by atoms with Crippen LogP contribution in [-0.2, 0) is 10.2 Å². The summed E-state index contributed by atoms with van der Waals surface area (Å²) in [7, 11) is 1.84. The van der Waals surface area contributed by atoms with E-state index >= 15 is 0 Å². The van der Waals surface area contributed by atoms with Crippen molar-refractivity contribution in [1.82, 2.24) is 4.90 Å². The number of hydrogen-bond acceptors (Lipinski definition) is 1. The summed E-state index contributed by atoms with van der Waals surface area (Å²) in [5.74, 6) is 0.221. The molecular weight excluding hydrogens is 162 g/mol. The second-order valence-electron chi connectivity index (χ2n) is 3.86. The normalized spacial score (nSPS) is 27.2. The summed E-state index contributed by atoms with van der Waals surface area (Å²) in [5, 5.41) is 0. The van der Waals surface area contributed by atoms with Gasteiger partial charge in [0.2, 0.25) is 5.91 Å². The average Bonchev–Trinajstić information content (AvgIpc) is 2.19. The topological polar surface area (TPSA) is 20.3 Å². The summed E-state index contributed by atoms with van der Waals surface area (Å²) in [6.07, 6.45) is 0. The Morgan fingerprint density at radius 3 is 2.38 bits per heavy atom. The standard InChI is InChI=1S/C11H13NO/c1-11(8-12(2)10(11)13)9-6-4-3-5-7-9/h3-7H,8H2,1-2H3. The third-order valence-electron chi connectivity index (χ3n) is 2.78. The number of likely N-dealkylation sites (N-methyl/N-ethyl adjacent to an activating group) is 1. The first-order chi connectivity index (χ1) is 6.14. The van der Waals surface area contributed by atoms with Crippen molar-refractivity contribution in [3.8, 4) is 0 Å². The van der Waals surface area contributed by atoms with Gasteiger partial charge in [-0.3, -0.25) is 4.79 Å². The van der Waals surface area contributed by atoms with Gasteiger partial charge in [-0.05, 0) is 12.5 Å². The molecule has 2 nitrogen and oxygen atoms in total. The average molecular weight is 175 g/mol. The van der Waals surface area contributed by atoms with Gasteiger partial charge >= 0.3 is 0 Å². The Kier molecular flexibility index (Phi) is 1.65. The number of likely N-dealkylation sites (tertiary alicyclic amines) is 1. The minimum absolute atomic E-state index is 0.221. The van der Waals surface area contributed by atoms with Crippen LogP contribution >= 0.6 is 0 Å². The molecule has 1 aromatic rings. The van der Waals surface area contributed by atoms with Crippen molar-refractivity contribution in [1.29, 1.82) is 0 Å². The van der Waals surface area contributed by atoms with Gasteiger partial charge in [-0.25, -0.2) is 0 Å². The molecule has 1 unspecified atom stereocenters. The molecule has 1 atom stereocenters. The molecule has 0 spiro atoms. The molecule has 1 amide bonds. The third kappa shape index (κ3) is 1.05. The maximum Gasteiger partial charge on any atom is 0.234 e. The molecule has 1 aliphatic rings. The van der Waals surface area contributed by atoms with Crippen molar-refractivity contribution in [3.05, 3.63) is 35.9 Å². The lowest BCUT2D eigenvalue weighted by Crippen LogP contribution is -2.60. The first kappa shape index (κ1) is 8.30. The zero-order valence-electron chi connectivity index (χ0n) is 7.95. The van der Waals surface area contributed by atoms with Gasteiger partial charge in [0.05, 0.1) is 5.41 Å². The molecule has 0 radical (unpaired) electrons. The summed E-state index contributed by atoms with van der Waals surface area (Å²) in [6.45, 7) is 2.83. The number of β-lactam (4-membered cyclic amide) rings is 1. The molecule has 1 saturated heterocycles. The number of rotatable bonds is 1. The van der Waals surface area contributed by atoms with Crippen LogP contribution in [-0.4, -0.2) is 24.4 Å². The summed E-state index contributed by atoms with van der Waals surface area (Å²) >= 11 is 0. The predicted octanol–water partition coefficient (Wildman–Crippen LogP) is 1.42. The Labute approximate surface area is 78.2 Å². The number of nitrogens with zero attached hydrogens (tertiary/aromatic N) is 1. The van der Waals surface area contributed by atoms with Gasteiger partial charge in [0.15, 0.2) is 0 Å². The van der Waals surface area contributed by atoms with Crippen LogP contribution in [0, 0.1) is 0 Å². The lowest BCUT2D eigenvalue weighted by Gasteiger charge is -2.45. The molecule has 0 saturated carbocycles. The largest absolute Gasteiger partial charge is 0.344 e. The Hall–Kier alpha value is -1.31. The maximum absolute atomic E-state index is 11.6. The highest BCUT2D eigenvalue weighted by molar-refractivity contribution is 5.93. The van der Waals surface area contributed by atoms with E-state index in [1.54, 1.807) is 4.90 Å². The van der Waals surface area contributed by atoms with E-state index in [1.807, 2.05) is 44.3 Å². The van der Waals surface area contributed by atoms with E-state index in [4.69, 9.17) is 0 Å². The Morgan fingerprint density at radius 2 is 1.92 bits per heavy atom. The quantitative estimate of drug-likeness (QED) is 0.591. The molecule has 0 aromatic heterocycles. The number of carbonyl (C=O) groups excluding carboxylic acids is 1. The highest BCUT2D eigenvalue weighted by Crippen LogP contribution is 2.33. The van der Waals surface area contributed by atoms with Crippen LogP contribution < -0.4 is 0 Å². The first-order valence-electron chi connectivity index (χ1n) is 4.46. The van der Waals surface area contributed by atoms with E-state index in [2.05, 4.69) is 0 Å². The van der Waals surface area contributed by atoms with Gasteiger partial charge < -0.3 is 4.90 Å². The van der Waals surface area contributed by atoms with Crippen molar-refractivity contribution in [2.75, 3.05) is 13.6 Å². The number of carbonyl (C=O) groups is 1. The summed E-state index contributed by atoms with van der Waals surface area (Å²) < 4.78 is 0. The van der Waals surface area contributed by atoms with E-state index in [0.717, 1.165) is 12.1 Å². The number of amides is 1. The molecule has 1 aromatic carbocycles. The summed E-state index contributed by atoms with van der Waals surface area (Å²) in [6, 6.07) is 9.97. The fraction of sp³-hybridized carbons (Fsp3) is 0.364. The molecule has 1 aliphatic heterocycles. The molecule has 2 rings (SSSR count). The molecule has 1 fully saturated rings. The van der Waals surface area contributed by atoms with Gasteiger partial charge in [-0.15, -0.1) is 0 Å². The molecule has 0 N–H and O–H groups in total. The number of benzene rings is 1. The first-order valence-corrected chi connectivity index (χ1v) is 4.46. The van der Waals surface area contributed by atoms with E-state index in [9.17, 15) is 4.79 Å². The Bertz CT molecular complexity index is 333. The molecule has 2 heteroatoms. The number of hydrogen-bond donors (Lipinski definition) is 0. The molecular formula is C11H13NO. The summed E-state index contributed by atoms with van der Waals surface area (Å²) in [5.41, 5.74) is 0.855. The van der Waals surface area contributed by atoms with Crippen LogP contribution in [0.3, 0.4) is 0 Å². The van der Waals surface area contributed by atoms with E-state index < -0.39 is 0 Å². The lowest BCUT2D eigenvalue weighted by atomic mass is 9.75. The molecule has 0 aliphatic carbocycles. The minimum Gasteiger partial charge on any atom is -0.344 e. The highest BCUT2D eigenvalue weighted by Gasteiger charge is 2.47. The van der Waals surface area contributed by atoms with Crippen molar-refractivity contribution in [2.24, 2.45) is 0 Å². The summed E-state index contributed by atoms with van der Waals surface area (Å²) in [4.78, 5) is 13.4. The molecule has 68 valence electrons. The zero-order valence-corrected chi connectivity index (χ0v) is 7.95.